The lowest BCUT2D eigenvalue weighted by Gasteiger charge is -2.29. The van der Waals surface area contributed by atoms with Gasteiger partial charge in [-0.15, -0.1) is 0 Å². The Bertz CT molecular complexity index is 297. The van der Waals surface area contributed by atoms with Crippen LogP contribution in [0.2, 0.25) is 0 Å². The summed E-state index contributed by atoms with van der Waals surface area (Å²) in [4.78, 5) is 6.74. The second-order valence-corrected chi connectivity index (χ2v) is 3.91. The number of hydrogen-bond donors (Lipinski definition) is 0. The predicted octanol–water partition coefficient (Wildman–Crippen LogP) is 1.58. The second-order valence-electron chi connectivity index (χ2n) is 3.91. The molecule has 1 aliphatic heterocycles. The molecule has 1 saturated heterocycles. The Labute approximate surface area is 84.3 Å². The van der Waals surface area contributed by atoms with Crippen molar-refractivity contribution in [2.45, 2.75) is 32.6 Å². The van der Waals surface area contributed by atoms with E-state index in [2.05, 4.69) is 22.0 Å². The van der Waals surface area contributed by atoms with Gasteiger partial charge in [0.25, 0.3) is 0 Å². The molecular formula is C10H17N3O. The molecule has 2 heterocycles. The fraction of sp³-hybridized carbons (Fsp3) is 0.800. The van der Waals surface area contributed by atoms with Crippen LogP contribution in [0.3, 0.4) is 0 Å². The van der Waals surface area contributed by atoms with E-state index in [1.165, 1.54) is 19.4 Å². The third-order valence-corrected chi connectivity index (χ3v) is 2.85. The van der Waals surface area contributed by atoms with Crippen molar-refractivity contribution >= 4 is 0 Å². The van der Waals surface area contributed by atoms with E-state index in [0.717, 1.165) is 24.8 Å². The zero-order chi connectivity index (χ0) is 9.97. The number of piperidine rings is 1. The number of rotatable bonds is 2. The van der Waals surface area contributed by atoms with Crippen LogP contribution in [0.4, 0.5) is 0 Å². The van der Waals surface area contributed by atoms with E-state index in [-0.39, 0.29) is 0 Å². The number of aryl methyl sites for hydroxylation is 1. The molecule has 4 heteroatoms. The van der Waals surface area contributed by atoms with Gasteiger partial charge in [-0.05, 0) is 32.9 Å². The highest BCUT2D eigenvalue weighted by molar-refractivity contribution is 4.96. The molecule has 14 heavy (non-hydrogen) atoms. The van der Waals surface area contributed by atoms with Gasteiger partial charge in [0.15, 0.2) is 5.82 Å². The smallest absolute Gasteiger partial charge is 0.231 e. The molecule has 0 saturated carbocycles. The molecule has 1 atom stereocenters. The number of hydrogen-bond acceptors (Lipinski definition) is 4. The summed E-state index contributed by atoms with van der Waals surface area (Å²) in [5.74, 6) is 2.01. The quantitative estimate of drug-likeness (QED) is 0.718. The van der Waals surface area contributed by atoms with Gasteiger partial charge in [0.1, 0.15) is 0 Å². The summed E-state index contributed by atoms with van der Waals surface area (Å²) < 4.78 is 5.21. The lowest BCUT2D eigenvalue weighted by Crippen LogP contribution is -2.34. The van der Waals surface area contributed by atoms with Crippen molar-refractivity contribution in [2.75, 3.05) is 19.6 Å². The van der Waals surface area contributed by atoms with Gasteiger partial charge in [-0.3, -0.25) is 0 Å². The normalized spacial score (nSPS) is 24.0. The molecule has 2 rings (SSSR count). The molecule has 1 aliphatic rings. The van der Waals surface area contributed by atoms with E-state index in [4.69, 9.17) is 4.52 Å². The van der Waals surface area contributed by atoms with E-state index in [1.54, 1.807) is 0 Å². The summed E-state index contributed by atoms with van der Waals surface area (Å²) in [6.07, 6.45) is 2.41. The largest absolute Gasteiger partial charge is 0.339 e. The summed E-state index contributed by atoms with van der Waals surface area (Å²) in [5.41, 5.74) is 0. The predicted molar refractivity (Wildman–Crippen MR) is 53.1 cm³/mol. The van der Waals surface area contributed by atoms with Crippen LogP contribution < -0.4 is 0 Å². The molecular weight excluding hydrogens is 178 g/mol. The Morgan fingerprint density at radius 2 is 2.43 bits per heavy atom. The van der Waals surface area contributed by atoms with Crippen LogP contribution in [0.15, 0.2) is 4.52 Å². The Morgan fingerprint density at radius 3 is 3.07 bits per heavy atom. The maximum atomic E-state index is 5.21. The van der Waals surface area contributed by atoms with Gasteiger partial charge in [-0.25, -0.2) is 0 Å². The van der Waals surface area contributed by atoms with Crippen LogP contribution in [0, 0.1) is 6.92 Å². The van der Waals surface area contributed by atoms with Crippen molar-refractivity contribution in [3.63, 3.8) is 0 Å². The maximum Gasteiger partial charge on any atom is 0.231 e. The van der Waals surface area contributed by atoms with Gasteiger partial charge in [-0.2, -0.15) is 4.98 Å². The molecule has 78 valence electrons. The zero-order valence-electron chi connectivity index (χ0n) is 8.86. The van der Waals surface area contributed by atoms with Gasteiger partial charge in [0.2, 0.25) is 5.89 Å². The van der Waals surface area contributed by atoms with Crippen LogP contribution >= 0.6 is 0 Å². The average Bonchev–Trinajstić information content (AvgIpc) is 2.65. The Kier molecular flexibility index (Phi) is 2.82. The third kappa shape index (κ3) is 1.95. The van der Waals surface area contributed by atoms with E-state index in [0.29, 0.717) is 5.92 Å². The minimum absolute atomic E-state index is 0.449. The van der Waals surface area contributed by atoms with Crippen molar-refractivity contribution < 1.29 is 4.52 Å². The van der Waals surface area contributed by atoms with Crippen LogP contribution in [0.5, 0.6) is 0 Å². The SMILES string of the molecule is CCN1CCCC(c2nc(C)no2)C1. The fourth-order valence-electron chi connectivity index (χ4n) is 2.02. The minimum Gasteiger partial charge on any atom is -0.339 e. The van der Waals surface area contributed by atoms with Crippen LogP contribution in [-0.4, -0.2) is 34.7 Å². The van der Waals surface area contributed by atoms with Gasteiger partial charge < -0.3 is 9.42 Å². The molecule has 0 bridgehead atoms. The summed E-state index contributed by atoms with van der Waals surface area (Å²) in [6, 6.07) is 0. The highest BCUT2D eigenvalue weighted by Gasteiger charge is 2.24. The maximum absolute atomic E-state index is 5.21. The van der Waals surface area contributed by atoms with Crippen molar-refractivity contribution in [1.82, 2.24) is 15.0 Å². The van der Waals surface area contributed by atoms with E-state index >= 15 is 0 Å². The van der Waals surface area contributed by atoms with E-state index in [9.17, 15) is 0 Å². The topological polar surface area (TPSA) is 42.2 Å². The van der Waals surface area contributed by atoms with Crippen LogP contribution in [0.25, 0.3) is 0 Å². The first-order valence-corrected chi connectivity index (χ1v) is 5.32. The van der Waals surface area contributed by atoms with E-state index in [1.807, 2.05) is 6.92 Å². The van der Waals surface area contributed by atoms with Gasteiger partial charge in [0.05, 0.1) is 5.92 Å². The molecule has 1 aromatic heterocycles. The number of nitrogens with zero attached hydrogens (tertiary/aromatic N) is 3. The summed E-state index contributed by atoms with van der Waals surface area (Å²) in [7, 11) is 0. The molecule has 0 radical (unpaired) electrons. The molecule has 1 aromatic rings. The highest BCUT2D eigenvalue weighted by Crippen LogP contribution is 2.25. The first-order chi connectivity index (χ1) is 6.79. The van der Waals surface area contributed by atoms with Crippen molar-refractivity contribution in [3.05, 3.63) is 11.7 Å². The van der Waals surface area contributed by atoms with Crippen LogP contribution in [-0.2, 0) is 0 Å². The summed E-state index contributed by atoms with van der Waals surface area (Å²) in [5, 5.41) is 3.84. The third-order valence-electron chi connectivity index (χ3n) is 2.85. The first kappa shape index (κ1) is 9.65. The van der Waals surface area contributed by atoms with Crippen molar-refractivity contribution in [2.24, 2.45) is 0 Å². The van der Waals surface area contributed by atoms with Gasteiger partial charge in [0, 0.05) is 6.54 Å². The Hall–Kier alpha value is -0.900. The Morgan fingerprint density at radius 1 is 1.57 bits per heavy atom. The van der Waals surface area contributed by atoms with Gasteiger partial charge in [-0.1, -0.05) is 12.1 Å². The molecule has 0 aromatic carbocycles. The summed E-state index contributed by atoms with van der Waals surface area (Å²) in [6.45, 7) is 7.46. The lowest BCUT2D eigenvalue weighted by atomic mass is 9.98. The molecule has 0 amide bonds. The molecule has 0 aliphatic carbocycles. The highest BCUT2D eigenvalue weighted by atomic mass is 16.5. The molecule has 4 nitrogen and oxygen atoms in total. The minimum atomic E-state index is 0.449. The molecule has 1 unspecified atom stereocenters. The molecule has 1 fully saturated rings. The van der Waals surface area contributed by atoms with Crippen molar-refractivity contribution in [3.8, 4) is 0 Å². The molecule has 0 spiro atoms. The number of aromatic nitrogens is 2. The summed E-state index contributed by atoms with van der Waals surface area (Å²) >= 11 is 0. The van der Waals surface area contributed by atoms with Crippen LogP contribution in [0.1, 0.15) is 37.4 Å². The first-order valence-electron chi connectivity index (χ1n) is 5.32. The van der Waals surface area contributed by atoms with Crippen molar-refractivity contribution in [1.29, 1.82) is 0 Å². The second kappa shape index (κ2) is 4.09. The average molecular weight is 195 g/mol. The monoisotopic (exact) mass is 195 g/mol. The van der Waals surface area contributed by atoms with E-state index < -0.39 is 0 Å². The zero-order valence-corrected chi connectivity index (χ0v) is 8.86. The standard InChI is InChI=1S/C10H17N3O/c1-3-13-6-4-5-9(7-13)10-11-8(2)12-14-10/h9H,3-7H2,1-2H3. The Balaban J connectivity index is 2.04. The molecule has 0 N–H and O–H groups in total. The van der Waals surface area contributed by atoms with Gasteiger partial charge >= 0.3 is 0 Å². The number of likely N-dealkylation sites (N-methyl/N-ethyl adjacent to an activating group) is 1. The lowest BCUT2D eigenvalue weighted by molar-refractivity contribution is 0.195. The fourth-order valence-corrected chi connectivity index (χ4v) is 2.02. The number of likely N-dealkylation sites (tertiary alicyclic amines) is 1.